The van der Waals surface area contributed by atoms with Crippen molar-refractivity contribution in [3.05, 3.63) is 53.4 Å². The monoisotopic (exact) mass is 394 g/mol. The van der Waals surface area contributed by atoms with Gasteiger partial charge in [-0.25, -0.2) is 0 Å². The van der Waals surface area contributed by atoms with E-state index in [4.69, 9.17) is 23.2 Å². The lowest BCUT2D eigenvalue weighted by Gasteiger charge is -2.15. The molecule has 4 nitrogen and oxygen atoms in total. The number of nitrogens with zero attached hydrogens (tertiary/aromatic N) is 2. The fourth-order valence-corrected chi connectivity index (χ4v) is 3.71. The number of nitriles is 1. The lowest BCUT2D eigenvalue weighted by molar-refractivity contribution is -0.120. The highest BCUT2D eigenvalue weighted by molar-refractivity contribution is 7.07. The molecule has 0 unspecified atom stereocenters. The van der Waals surface area contributed by atoms with Crippen molar-refractivity contribution in [2.45, 2.75) is 20.8 Å². The Morgan fingerprint density at radius 3 is 2.32 bits per heavy atom. The molecule has 0 aliphatic rings. The first-order valence-electron chi connectivity index (χ1n) is 7.38. The molecule has 0 saturated heterocycles. The zero-order chi connectivity index (χ0) is 18.9. The van der Waals surface area contributed by atoms with Crippen LogP contribution < -0.4 is 14.8 Å². The zero-order valence-corrected chi connectivity index (χ0v) is 16.5. The Balaban J connectivity index is 2.85. The van der Waals surface area contributed by atoms with Crippen LogP contribution in [0.1, 0.15) is 26.3 Å². The topological polar surface area (TPSA) is 62.9 Å². The van der Waals surface area contributed by atoms with Crippen LogP contribution in [0.5, 0.6) is 0 Å². The predicted molar refractivity (Wildman–Crippen MR) is 102 cm³/mol. The maximum Gasteiger partial charge on any atom is 0.268 e. The average molecular weight is 395 g/mol. The molecule has 0 fully saturated rings. The Morgan fingerprint density at radius 1 is 1.28 bits per heavy atom. The Hall–Kier alpha value is -1.87. The van der Waals surface area contributed by atoms with E-state index in [0.717, 1.165) is 11.3 Å². The van der Waals surface area contributed by atoms with Gasteiger partial charge in [0.2, 0.25) is 0 Å². The summed E-state index contributed by atoms with van der Waals surface area (Å²) < 4.78 is 1.98. The molecule has 1 aromatic carbocycles. The molecule has 0 radical (unpaired) electrons. The van der Waals surface area contributed by atoms with E-state index in [2.05, 4.69) is 0 Å². The van der Waals surface area contributed by atoms with E-state index in [1.54, 1.807) is 45.0 Å². The molecule has 0 aliphatic carbocycles. The van der Waals surface area contributed by atoms with Gasteiger partial charge in [-0.05, 0) is 18.2 Å². The molecule has 0 bridgehead atoms. The van der Waals surface area contributed by atoms with E-state index >= 15 is 0 Å². The summed E-state index contributed by atoms with van der Waals surface area (Å²) in [5.41, 5.74) is -0.537. The summed E-state index contributed by atoms with van der Waals surface area (Å²) >= 11 is 13.4. The Bertz CT molecular complexity index is 1050. The van der Waals surface area contributed by atoms with E-state index < -0.39 is 5.41 Å². The van der Waals surface area contributed by atoms with Crippen molar-refractivity contribution in [3.63, 3.8) is 0 Å². The Labute approximate surface area is 159 Å². The SMILES string of the molecule is Cn1c(=O)/c(=C\c2c(Cl)cccc2Cl)s/c1=C(/C#N)C(=O)C(C)(C)C. The first-order chi connectivity index (χ1) is 11.6. The highest BCUT2D eigenvalue weighted by Crippen LogP contribution is 2.24. The fraction of sp³-hybridized carbons (Fsp3) is 0.278. The van der Waals surface area contributed by atoms with E-state index in [9.17, 15) is 14.9 Å². The molecule has 0 saturated carbocycles. The summed E-state index contributed by atoms with van der Waals surface area (Å²) in [6.45, 7) is 5.19. The molecular weight excluding hydrogens is 379 g/mol. The van der Waals surface area contributed by atoms with Crippen LogP contribution in [-0.2, 0) is 11.8 Å². The highest BCUT2D eigenvalue weighted by Gasteiger charge is 2.27. The number of halogens is 2. The zero-order valence-electron chi connectivity index (χ0n) is 14.2. The molecule has 1 aromatic heterocycles. The molecule has 130 valence electrons. The molecule has 2 rings (SSSR count). The molecule has 2 aromatic rings. The number of Topliss-reactive ketones (excluding diaryl/α,β-unsaturated/α-hetero) is 1. The number of hydrogen-bond acceptors (Lipinski definition) is 4. The minimum absolute atomic E-state index is 0.0259. The van der Waals surface area contributed by atoms with Crippen molar-refractivity contribution < 1.29 is 4.79 Å². The van der Waals surface area contributed by atoms with Gasteiger partial charge < -0.3 is 4.57 Å². The van der Waals surface area contributed by atoms with Crippen molar-refractivity contribution >= 4 is 52.0 Å². The number of benzene rings is 1. The van der Waals surface area contributed by atoms with Crippen LogP contribution >= 0.6 is 34.5 Å². The first kappa shape index (κ1) is 19.5. The number of thiazole rings is 1. The number of carbonyl (C=O) groups excluding carboxylic acids is 1. The molecule has 7 heteroatoms. The van der Waals surface area contributed by atoms with Gasteiger partial charge in [-0.1, -0.05) is 50.0 Å². The van der Waals surface area contributed by atoms with Crippen LogP contribution in [0.2, 0.25) is 10.0 Å². The minimum Gasteiger partial charge on any atom is -0.301 e. The van der Waals surface area contributed by atoms with Crippen LogP contribution in [0.3, 0.4) is 0 Å². The molecule has 0 spiro atoms. The Morgan fingerprint density at radius 2 is 1.84 bits per heavy atom. The van der Waals surface area contributed by atoms with E-state index in [-0.39, 0.29) is 16.9 Å². The number of rotatable bonds is 2. The second-order valence-electron chi connectivity index (χ2n) is 6.48. The van der Waals surface area contributed by atoms with Crippen LogP contribution in [-0.4, -0.2) is 10.4 Å². The fourth-order valence-electron chi connectivity index (χ4n) is 2.13. The maximum absolute atomic E-state index is 12.5. The summed E-state index contributed by atoms with van der Waals surface area (Å²) in [6, 6.07) is 7.01. The summed E-state index contributed by atoms with van der Waals surface area (Å²) in [5.74, 6) is -0.311. The molecule has 0 atom stereocenters. The number of ketones is 1. The van der Waals surface area contributed by atoms with Gasteiger partial charge in [-0.2, -0.15) is 5.26 Å². The van der Waals surface area contributed by atoms with Gasteiger partial charge in [0.15, 0.2) is 5.78 Å². The van der Waals surface area contributed by atoms with Crippen molar-refractivity contribution in [1.82, 2.24) is 4.57 Å². The lowest BCUT2D eigenvalue weighted by atomic mass is 9.87. The van der Waals surface area contributed by atoms with E-state index in [0.29, 0.717) is 24.8 Å². The van der Waals surface area contributed by atoms with Gasteiger partial charge in [0.25, 0.3) is 5.56 Å². The predicted octanol–water partition coefficient (Wildman–Crippen LogP) is 2.87. The van der Waals surface area contributed by atoms with Crippen LogP contribution in [0.4, 0.5) is 0 Å². The number of aromatic nitrogens is 1. The van der Waals surface area contributed by atoms with Crippen molar-refractivity contribution in [2.75, 3.05) is 0 Å². The third-order valence-corrected chi connectivity index (χ3v) is 5.38. The van der Waals surface area contributed by atoms with Gasteiger partial charge in [0.1, 0.15) is 16.3 Å². The molecule has 0 N–H and O–H groups in total. The highest BCUT2D eigenvalue weighted by atomic mass is 35.5. The summed E-state index contributed by atoms with van der Waals surface area (Å²) in [6.07, 6.45) is 1.58. The second-order valence-corrected chi connectivity index (χ2v) is 8.33. The van der Waals surface area contributed by atoms with Gasteiger partial charge in [0.05, 0.1) is 4.53 Å². The molecule has 0 amide bonds. The van der Waals surface area contributed by atoms with Crippen LogP contribution in [0.25, 0.3) is 11.6 Å². The lowest BCUT2D eigenvalue weighted by Crippen LogP contribution is -2.32. The van der Waals surface area contributed by atoms with E-state index in [1.165, 1.54) is 11.6 Å². The maximum atomic E-state index is 12.5. The molecular formula is C18H16Cl2N2O2S. The van der Waals surface area contributed by atoms with Gasteiger partial charge in [0, 0.05) is 28.1 Å². The molecule has 0 aliphatic heterocycles. The largest absolute Gasteiger partial charge is 0.301 e. The molecule has 1 heterocycles. The number of hydrogen-bond donors (Lipinski definition) is 0. The van der Waals surface area contributed by atoms with Crippen molar-refractivity contribution in [1.29, 1.82) is 5.26 Å². The van der Waals surface area contributed by atoms with Crippen molar-refractivity contribution in [3.8, 4) is 6.07 Å². The van der Waals surface area contributed by atoms with Gasteiger partial charge >= 0.3 is 0 Å². The van der Waals surface area contributed by atoms with E-state index in [1.807, 2.05) is 6.07 Å². The minimum atomic E-state index is -0.721. The first-order valence-corrected chi connectivity index (χ1v) is 8.96. The van der Waals surface area contributed by atoms with Gasteiger partial charge in [-0.15, -0.1) is 11.3 Å². The molecule has 25 heavy (non-hydrogen) atoms. The smallest absolute Gasteiger partial charge is 0.268 e. The van der Waals surface area contributed by atoms with Gasteiger partial charge in [-0.3, -0.25) is 9.59 Å². The normalized spacial score (nSPS) is 13.6. The average Bonchev–Trinajstić information content (AvgIpc) is 2.79. The number of carbonyl (C=O) groups is 1. The third kappa shape index (κ3) is 3.87. The Kier molecular flexibility index (Phi) is 5.58. The summed E-state index contributed by atoms with van der Waals surface area (Å²) in [4.78, 5) is 25.0. The third-order valence-electron chi connectivity index (χ3n) is 3.54. The standard InChI is InChI=1S/C18H16Cl2N2O2S/c1-18(2,3)15(23)11(9-21)17-22(4)16(24)14(25-17)8-10-12(19)6-5-7-13(10)20/h5-8H,1-4H3/b14-8+,17-11-. The quantitative estimate of drug-likeness (QED) is 0.786. The summed E-state index contributed by atoms with van der Waals surface area (Å²) in [7, 11) is 1.53. The van der Waals surface area contributed by atoms with Crippen molar-refractivity contribution in [2.24, 2.45) is 12.5 Å². The van der Waals surface area contributed by atoms with Crippen LogP contribution in [0.15, 0.2) is 23.0 Å². The summed E-state index contributed by atoms with van der Waals surface area (Å²) in [5, 5.41) is 10.3. The second kappa shape index (κ2) is 7.17. The van der Waals surface area contributed by atoms with Crippen LogP contribution in [0, 0.1) is 16.7 Å².